The van der Waals surface area contributed by atoms with Crippen LogP contribution in [0.1, 0.15) is 5.56 Å². The monoisotopic (exact) mass is 256 g/mol. The molecule has 0 aliphatic heterocycles. The Morgan fingerprint density at radius 3 is 2.53 bits per heavy atom. The smallest absolute Gasteiger partial charge is 0.254 e. The average Bonchev–Trinajstić information content (AvgIpc) is 2.17. The topological polar surface area (TPSA) is 17.1 Å². The molecule has 0 N–H and O–H groups in total. The number of hydrogen-bond donors (Lipinski definition) is 0. The van der Waals surface area contributed by atoms with E-state index in [1.165, 1.54) is 12.1 Å². The van der Waals surface area contributed by atoms with Gasteiger partial charge in [0.15, 0.2) is 0 Å². The van der Waals surface area contributed by atoms with Crippen LogP contribution in [-0.2, 0) is 17.0 Å². The summed E-state index contributed by atoms with van der Waals surface area (Å²) in [5, 5.41) is 0. The van der Waals surface area contributed by atoms with Crippen molar-refractivity contribution in [2.45, 2.75) is 11.1 Å². The molecular weight excluding hydrogens is 249 g/mol. The van der Waals surface area contributed by atoms with Crippen LogP contribution in [0.5, 0.6) is 0 Å². The van der Waals surface area contributed by atoms with Crippen molar-refractivity contribution in [3.63, 3.8) is 0 Å². The minimum absolute atomic E-state index is 0.156. The molecule has 0 fully saturated rings. The molecule has 0 unspecified atom stereocenters. The van der Waals surface area contributed by atoms with E-state index in [9.17, 15) is 17.4 Å². The summed E-state index contributed by atoms with van der Waals surface area (Å²) in [6, 6.07) is 4.48. The normalized spacial score (nSPS) is 13.9. The first-order valence-corrected chi connectivity index (χ1v) is 5.92. The van der Waals surface area contributed by atoms with Crippen molar-refractivity contribution in [3.05, 3.63) is 29.8 Å². The Kier molecular flexibility index (Phi) is 4.16. The Hall–Kier alpha value is -0.550. The molecule has 0 bridgehead atoms. The lowest BCUT2D eigenvalue weighted by atomic mass is 10.2. The van der Waals surface area contributed by atoms with E-state index in [0.717, 1.165) is 12.1 Å². The second-order valence-electron chi connectivity index (χ2n) is 2.76. The average molecular weight is 257 g/mol. The maximum atomic E-state index is 12.3. The summed E-state index contributed by atoms with van der Waals surface area (Å²) < 4.78 is 48.3. The van der Waals surface area contributed by atoms with E-state index in [-0.39, 0.29) is 16.5 Å². The van der Waals surface area contributed by atoms with Crippen molar-refractivity contribution in [2.24, 2.45) is 0 Å². The van der Waals surface area contributed by atoms with Gasteiger partial charge in [-0.15, -0.1) is 11.6 Å². The van der Waals surface area contributed by atoms with Crippen LogP contribution in [0.15, 0.2) is 29.2 Å². The zero-order valence-electron chi connectivity index (χ0n) is 7.55. The van der Waals surface area contributed by atoms with Gasteiger partial charge in [0.2, 0.25) is 0 Å². The van der Waals surface area contributed by atoms with E-state index in [2.05, 4.69) is 0 Å². The standard InChI is InChI=1S/C9H8ClF3OS/c10-4-5-15(14)8-3-1-2-7(6-8)9(11,12)13/h1-3,6H,4-5H2/t15-/m1/s1. The molecule has 0 radical (unpaired) electrons. The van der Waals surface area contributed by atoms with Gasteiger partial charge in [0.05, 0.1) is 16.4 Å². The third-order valence-electron chi connectivity index (χ3n) is 1.69. The first-order chi connectivity index (χ1) is 6.95. The molecule has 0 saturated carbocycles. The van der Waals surface area contributed by atoms with Crippen LogP contribution in [0.25, 0.3) is 0 Å². The molecule has 0 aliphatic rings. The number of benzene rings is 1. The van der Waals surface area contributed by atoms with E-state index in [1.807, 2.05) is 0 Å². The van der Waals surface area contributed by atoms with E-state index in [0.29, 0.717) is 0 Å². The van der Waals surface area contributed by atoms with Gasteiger partial charge in [-0.3, -0.25) is 4.21 Å². The van der Waals surface area contributed by atoms with Crippen LogP contribution in [-0.4, -0.2) is 15.8 Å². The minimum atomic E-state index is -4.40. The highest BCUT2D eigenvalue weighted by Gasteiger charge is 2.30. The number of halogens is 4. The number of rotatable bonds is 3. The minimum Gasteiger partial charge on any atom is -0.254 e. The van der Waals surface area contributed by atoms with Gasteiger partial charge in [-0.05, 0) is 18.2 Å². The predicted molar refractivity (Wildman–Crippen MR) is 53.4 cm³/mol. The maximum Gasteiger partial charge on any atom is 0.416 e. The highest BCUT2D eigenvalue weighted by molar-refractivity contribution is 7.85. The van der Waals surface area contributed by atoms with E-state index in [1.54, 1.807) is 0 Å². The Bertz CT molecular complexity index is 365. The third-order valence-corrected chi connectivity index (χ3v) is 3.45. The lowest BCUT2D eigenvalue weighted by molar-refractivity contribution is -0.137. The second-order valence-corrected chi connectivity index (χ2v) is 4.71. The Labute approximate surface area is 92.7 Å². The highest BCUT2D eigenvalue weighted by atomic mass is 35.5. The summed E-state index contributed by atoms with van der Waals surface area (Å²) in [4.78, 5) is 0.158. The molecule has 1 atom stereocenters. The number of alkyl halides is 4. The van der Waals surface area contributed by atoms with E-state index in [4.69, 9.17) is 11.6 Å². The fraction of sp³-hybridized carbons (Fsp3) is 0.333. The van der Waals surface area contributed by atoms with Gasteiger partial charge in [-0.25, -0.2) is 0 Å². The van der Waals surface area contributed by atoms with Crippen LogP contribution in [0.4, 0.5) is 13.2 Å². The Morgan fingerprint density at radius 2 is 2.00 bits per heavy atom. The van der Waals surface area contributed by atoms with Gasteiger partial charge in [0.25, 0.3) is 0 Å². The van der Waals surface area contributed by atoms with Crippen molar-refractivity contribution in [1.82, 2.24) is 0 Å². The van der Waals surface area contributed by atoms with Crippen LogP contribution in [0.2, 0.25) is 0 Å². The fourth-order valence-electron chi connectivity index (χ4n) is 1.00. The first kappa shape index (κ1) is 12.5. The Morgan fingerprint density at radius 1 is 1.33 bits per heavy atom. The molecule has 0 spiro atoms. The molecule has 1 aromatic carbocycles. The van der Waals surface area contributed by atoms with Gasteiger partial charge >= 0.3 is 6.18 Å². The van der Waals surface area contributed by atoms with Crippen LogP contribution < -0.4 is 0 Å². The van der Waals surface area contributed by atoms with Gasteiger partial charge in [0.1, 0.15) is 0 Å². The van der Waals surface area contributed by atoms with Crippen molar-refractivity contribution in [3.8, 4) is 0 Å². The van der Waals surface area contributed by atoms with Gasteiger partial charge in [-0.2, -0.15) is 13.2 Å². The van der Waals surface area contributed by atoms with Crippen molar-refractivity contribution in [1.29, 1.82) is 0 Å². The quantitative estimate of drug-likeness (QED) is 0.760. The number of hydrogen-bond acceptors (Lipinski definition) is 1. The molecule has 0 aliphatic carbocycles. The van der Waals surface area contributed by atoms with Gasteiger partial charge < -0.3 is 0 Å². The molecule has 1 aromatic rings. The summed E-state index contributed by atoms with van der Waals surface area (Å²) in [6.07, 6.45) is -4.40. The third kappa shape index (κ3) is 3.50. The van der Waals surface area contributed by atoms with E-state index < -0.39 is 22.5 Å². The SMILES string of the molecule is O=[S@](CCCl)c1cccc(C(F)(F)F)c1. The molecule has 0 heterocycles. The molecule has 1 nitrogen and oxygen atoms in total. The zero-order chi connectivity index (χ0) is 11.5. The lowest BCUT2D eigenvalue weighted by Crippen LogP contribution is -2.06. The molecule has 0 amide bonds. The lowest BCUT2D eigenvalue weighted by Gasteiger charge is -2.07. The first-order valence-electron chi connectivity index (χ1n) is 4.07. The molecule has 0 aromatic heterocycles. The van der Waals surface area contributed by atoms with E-state index >= 15 is 0 Å². The van der Waals surface area contributed by atoms with Gasteiger partial charge in [0, 0.05) is 16.5 Å². The zero-order valence-corrected chi connectivity index (χ0v) is 9.12. The second kappa shape index (κ2) is 4.99. The van der Waals surface area contributed by atoms with Crippen LogP contribution >= 0.6 is 11.6 Å². The summed E-state index contributed by atoms with van der Waals surface area (Å²) in [5.41, 5.74) is -0.789. The van der Waals surface area contributed by atoms with Gasteiger partial charge in [-0.1, -0.05) is 6.07 Å². The summed E-state index contributed by atoms with van der Waals surface area (Å²) in [5.74, 6) is 0.311. The molecule has 0 saturated heterocycles. The van der Waals surface area contributed by atoms with Crippen LogP contribution in [0, 0.1) is 0 Å². The molecule has 15 heavy (non-hydrogen) atoms. The predicted octanol–water partition coefficient (Wildman–Crippen LogP) is 3.05. The Balaban J connectivity index is 2.98. The largest absolute Gasteiger partial charge is 0.416 e. The maximum absolute atomic E-state index is 12.3. The summed E-state index contributed by atoms with van der Waals surface area (Å²) >= 11 is 5.36. The molecule has 6 heteroatoms. The van der Waals surface area contributed by atoms with Crippen LogP contribution in [0.3, 0.4) is 0 Å². The van der Waals surface area contributed by atoms with Crippen molar-refractivity contribution in [2.75, 3.05) is 11.6 Å². The molecule has 1 rings (SSSR count). The fourth-order valence-corrected chi connectivity index (χ4v) is 2.29. The molecular formula is C9H8ClF3OS. The van der Waals surface area contributed by atoms with Crippen molar-refractivity contribution >= 4 is 22.4 Å². The molecule has 84 valence electrons. The summed E-state index contributed by atoms with van der Waals surface area (Å²) in [7, 11) is -1.46. The summed E-state index contributed by atoms with van der Waals surface area (Å²) in [6.45, 7) is 0. The van der Waals surface area contributed by atoms with Crippen molar-refractivity contribution < 1.29 is 17.4 Å². The highest BCUT2D eigenvalue weighted by Crippen LogP contribution is 2.30.